The number of carbonyl (C=O) groups is 1. The molecule has 0 unspecified atom stereocenters. The molecule has 0 aromatic carbocycles. The SMILES string of the molecule is CO[C@H]1OC(=O)[C@H]2N=NC[C@@H]12. The summed E-state index contributed by atoms with van der Waals surface area (Å²) >= 11 is 0. The van der Waals surface area contributed by atoms with Crippen molar-refractivity contribution in [2.45, 2.75) is 12.3 Å². The van der Waals surface area contributed by atoms with Gasteiger partial charge in [0.15, 0.2) is 6.04 Å². The number of fused-ring (bicyclic) bond motifs is 1. The number of nitrogens with zero attached hydrogens (tertiary/aromatic N) is 2. The molecule has 1 saturated heterocycles. The lowest BCUT2D eigenvalue weighted by atomic mass is 10.0. The number of hydrogen-bond acceptors (Lipinski definition) is 5. The smallest absolute Gasteiger partial charge is 0.335 e. The van der Waals surface area contributed by atoms with E-state index >= 15 is 0 Å². The molecule has 0 bridgehead atoms. The zero-order valence-corrected chi connectivity index (χ0v) is 6.06. The predicted molar refractivity (Wildman–Crippen MR) is 33.9 cm³/mol. The Morgan fingerprint density at radius 2 is 2.55 bits per heavy atom. The molecule has 0 aromatic rings. The number of ether oxygens (including phenoxy) is 2. The van der Waals surface area contributed by atoms with Crippen LogP contribution in [0.5, 0.6) is 0 Å². The summed E-state index contributed by atoms with van der Waals surface area (Å²) in [6.45, 7) is 0.537. The van der Waals surface area contributed by atoms with E-state index in [4.69, 9.17) is 9.47 Å². The average Bonchev–Trinajstić information content (AvgIpc) is 2.54. The van der Waals surface area contributed by atoms with Gasteiger partial charge in [0.25, 0.3) is 0 Å². The van der Waals surface area contributed by atoms with E-state index in [1.807, 2.05) is 0 Å². The minimum absolute atomic E-state index is 0.00694. The number of cyclic esters (lactones) is 1. The molecule has 5 heteroatoms. The zero-order valence-electron chi connectivity index (χ0n) is 6.06. The van der Waals surface area contributed by atoms with Gasteiger partial charge in [0.05, 0.1) is 12.5 Å². The molecule has 5 nitrogen and oxygen atoms in total. The lowest BCUT2D eigenvalue weighted by Crippen LogP contribution is -2.23. The highest BCUT2D eigenvalue weighted by molar-refractivity contribution is 5.78. The molecule has 0 aliphatic carbocycles. The van der Waals surface area contributed by atoms with Crippen LogP contribution >= 0.6 is 0 Å². The summed E-state index contributed by atoms with van der Waals surface area (Å²) in [5.74, 6) is -0.310. The van der Waals surface area contributed by atoms with Gasteiger partial charge in [-0.1, -0.05) is 0 Å². The van der Waals surface area contributed by atoms with E-state index in [-0.39, 0.29) is 11.9 Å². The first-order valence-electron chi connectivity index (χ1n) is 3.43. The predicted octanol–water partition coefficient (Wildman–Crippen LogP) is -0.0337. The number of rotatable bonds is 1. The monoisotopic (exact) mass is 156 g/mol. The highest BCUT2D eigenvalue weighted by atomic mass is 16.7. The third-order valence-corrected chi connectivity index (χ3v) is 1.96. The Kier molecular flexibility index (Phi) is 1.38. The maximum absolute atomic E-state index is 11.0. The Hall–Kier alpha value is -0.970. The van der Waals surface area contributed by atoms with Gasteiger partial charge in [-0.25, -0.2) is 4.79 Å². The van der Waals surface area contributed by atoms with E-state index in [9.17, 15) is 4.79 Å². The highest BCUT2D eigenvalue weighted by Crippen LogP contribution is 2.30. The van der Waals surface area contributed by atoms with Crippen molar-refractivity contribution in [2.24, 2.45) is 16.1 Å². The van der Waals surface area contributed by atoms with Gasteiger partial charge >= 0.3 is 5.97 Å². The fourth-order valence-corrected chi connectivity index (χ4v) is 1.37. The molecule has 0 spiro atoms. The van der Waals surface area contributed by atoms with Gasteiger partial charge in [0, 0.05) is 7.11 Å². The number of carbonyl (C=O) groups excluding carboxylic acids is 1. The van der Waals surface area contributed by atoms with Crippen molar-refractivity contribution < 1.29 is 14.3 Å². The van der Waals surface area contributed by atoms with E-state index in [0.29, 0.717) is 6.54 Å². The van der Waals surface area contributed by atoms with Crippen LogP contribution < -0.4 is 0 Å². The zero-order chi connectivity index (χ0) is 7.84. The Bertz CT molecular complexity index is 216. The second kappa shape index (κ2) is 2.27. The van der Waals surface area contributed by atoms with Crippen molar-refractivity contribution in [3.8, 4) is 0 Å². The Labute approximate surface area is 63.4 Å². The quantitative estimate of drug-likeness (QED) is 0.501. The fraction of sp³-hybridized carbons (Fsp3) is 0.833. The van der Waals surface area contributed by atoms with Gasteiger partial charge in [-0.2, -0.15) is 10.2 Å². The molecule has 0 aromatic heterocycles. The van der Waals surface area contributed by atoms with Gasteiger partial charge in [0.2, 0.25) is 6.29 Å². The number of hydrogen-bond donors (Lipinski definition) is 0. The highest BCUT2D eigenvalue weighted by Gasteiger charge is 2.47. The topological polar surface area (TPSA) is 60.2 Å². The fourth-order valence-electron chi connectivity index (χ4n) is 1.37. The average molecular weight is 156 g/mol. The lowest BCUT2D eigenvalue weighted by Gasteiger charge is -2.10. The largest absolute Gasteiger partial charge is 0.434 e. The molecule has 0 radical (unpaired) electrons. The van der Waals surface area contributed by atoms with Gasteiger partial charge in [-0.3, -0.25) is 0 Å². The van der Waals surface area contributed by atoms with Crippen molar-refractivity contribution in [1.82, 2.24) is 0 Å². The molecule has 0 amide bonds. The van der Waals surface area contributed by atoms with E-state index < -0.39 is 12.3 Å². The lowest BCUT2D eigenvalue weighted by molar-refractivity contribution is -0.161. The van der Waals surface area contributed by atoms with Crippen LogP contribution in [0.1, 0.15) is 0 Å². The van der Waals surface area contributed by atoms with Crippen molar-refractivity contribution in [3.05, 3.63) is 0 Å². The Morgan fingerprint density at radius 1 is 1.73 bits per heavy atom. The van der Waals surface area contributed by atoms with Crippen molar-refractivity contribution >= 4 is 5.97 Å². The third kappa shape index (κ3) is 0.841. The molecule has 2 heterocycles. The second-order valence-electron chi connectivity index (χ2n) is 2.59. The van der Waals surface area contributed by atoms with Gasteiger partial charge in [0.1, 0.15) is 0 Å². The Balaban J connectivity index is 2.18. The van der Waals surface area contributed by atoms with Crippen LogP contribution in [0.25, 0.3) is 0 Å². The number of methoxy groups -OCH3 is 1. The molecule has 60 valence electrons. The van der Waals surface area contributed by atoms with Crippen LogP contribution in [0.4, 0.5) is 0 Å². The van der Waals surface area contributed by atoms with E-state index in [1.54, 1.807) is 0 Å². The molecule has 1 fully saturated rings. The van der Waals surface area contributed by atoms with Crippen molar-refractivity contribution in [2.75, 3.05) is 13.7 Å². The molecular weight excluding hydrogens is 148 g/mol. The molecule has 3 atom stereocenters. The maximum Gasteiger partial charge on any atom is 0.335 e. The molecule has 11 heavy (non-hydrogen) atoms. The van der Waals surface area contributed by atoms with Crippen LogP contribution in [-0.2, 0) is 14.3 Å². The van der Waals surface area contributed by atoms with Crippen LogP contribution in [0.15, 0.2) is 10.2 Å². The van der Waals surface area contributed by atoms with E-state index in [1.165, 1.54) is 7.11 Å². The molecule has 2 aliphatic rings. The minimum atomic E-state index is -0.442. The Morgan fingerprint density at radius 3 is 3.27 bits per heavy atom. The summed E-state index contributed by atoms with van der Waals surface area (Å²) in [5, 5.41) is 7.51. The van der Waals surface area contributed by atoms with Crippen LogP contribution in [-0.4, -0.2) is 32.0 Å². The number of esters is 1. The first-order chi connectivity index (χ1) is 5.33. The molecule has 2 rings (SSSR count). The second-order valence-corrected chi connectivity index (χ2v) is 2.59. The van der Waals surface area contributed by atoms with E-state index in [2.05, 4.69) is 10.2 Å². The summed E-state index contributed by atoms with van der Waals surface area (Å²) in [6.07, 6.45) is -0.442. The molecule has 2 aliphatic heterocycles. The number of azo groups is 1. The van der Waals surface area contributed by atoms with Crippen LogP contribution in [0.2, 0.25) is 0 Å². The summed E-state index contributed by atoms with van der Waals surface area (Å²) in [6, 6.07) is -0.403. The van der Waals surface area contributed by atoms with Crippen molar-refractivity contribution in [3.63, 3.8) is 0 Å². The summed E-state index contributed by atoms with van der Waals surface area (Å²) < 4.78 is 9.80. The normalized spacial score (nSPS) is 40.8. The summed E-state index contributed by atoms with van der Waals surface area (Å²) in [4.78, 5) is 11.0. The molecule has 0 saturated carbocycles. The van der Waals surface area contributed by atoms with Gasteiger partial charge in [-0.15, -0.1) is 0 Å². The van der Waals surface area contributed by atoms with E-state index in [0.717, 1.165) is 0 Å². The summed E-state index contributed by atoms with van der Waals surface area (Å²) in [7, 11) is 1.51. The van der Waals surface area contributed by atoms with Gasteiger partial charge < -0.3 is 9.47 Å². The van der Waals surface area contributed by atoms with Crippen LogP contribution in [0.3, 0.4) is 0 Å². The molecule has 0 N–H and O–H groups in total. The minimum Gasteiger partial charge on any atom is -0.434 e. The maximum atomic E-state index is 11.0. The van der Waals surface area contributed by atoms with Crippen molar-refractivity contribution in [1.29, 1.82) is 0 Å². The van der Waals surface area contributed by atoms with Gasteiger partial charge in [-0.05, 0) is 0 Å². The standard InChI is InChI=1S/C6H8N2O3/c1-10-6-3-2-7-8-4(3)5(9)11-6/h3-4,6H,2H2,1H3/t3-,4+,6+/m1/s1. The first-order valence-corrected chi connectivity index (χ1v) is 3.43. The summed E-state index contributed by atoms with van der Waals surface area (Å²) in [5.41, 5.74) is 0. The molecular formula is C6H8N2O3. The first kappa shape index (κ1) is 6.72. The van der Waals surface area contributed by atoms with Crippen LogP contribution in [0, 0.1) is 5.92 Å². The third-order valence-electron chi connectivity index (χ3n) is 1.96.